The predicted octanol–water partition coefficient (Wildman–Crippen LogP) is 2.77. The van der Waals surface area contributed by atoms with E-state index in [4.69, 9.17) is 16.3 Å². The predicted molar refractivity (Wildman–Crippen MR) is 86.7 cm³/mol. The van der Waals surface area contributed by atoms with Crippen molar-refractivity contribution in [3.05, 3.63) is 47.1 Å². The van der Waals surface area contributed by atoms with Crippen LogP contribution in [0.25, 0.3) is 0 Å². The summed E-state index contributed by atoms with van der Waals surface area (Å²) in [4.78, 5) is 28.9. The van der Waals surface area contributed by atoms with Crippen LogP contribution in [0.3, 0.4) is 0 Å². The molecule has 7 heteroatoms. The highest BCUT2D eigenvalue weighted by atomic mass is 35.5. The Bertz CT molecular complexity index is 792. The van der Waals surface area contributed by atoms with Crippen molar-refractivity contribution in [3.63, 3.8) is 0 Å². The minimum atomic E-state index is -1.70. The second-order valence-corrected chi connectivity index (χ2v) is 5.84. The van der Waals surface area contributed by atoms with Gasteiger partial charge in [0, 0.05) is 11.2 Å². The Morgan fingerprint density at radius 1 is 1.35 bits per heavy atom. The van der Waals surface area contributed by atoms with Crippen molar-refractivity contribution in [2.24, 2.45) is 0 Å². The van der Waals surface area contributed by atoms with E-state index < -0.39 is 17.4 Å². The van der Waals surface area contributed by atoms with Crippen LogP contribution in [-0.4, -0.2) is 22.4 Å². The standard InChI is InChI=1S/C16H14ClN3O3/c1-9-3-6-13(18-8-9)20-15(22)16(2)14(21)19-11-7-10(17)4-5-12(11)23-16/h3-8H,1-2H3,(H,19,21)(H,18,20,22)/t16-/m1/s1. The van der Waals surface area contributed by atoms with Crippen molar-refractivity contribution < 1.29 is 14.3 Å². The maximum Gasteiger partial charge on any atom is 0.279 e. The minimum absolute atomic E-state index is 0.347. The van der Waals surface area contributed by atoms with Gasteiger partial charge in [-0.1, -0.05) is 17.7 Å². The molecule has 118 valence electrons. The number of hydrogen-bond acceptors (Lipinski definition) is 4. The van der Waals surface area contributed by atoms with E-state index >= 15 is 0 Å². The lowest BCUT2D eigenvalue weighted by atomic mass is 10.0. The van der Waals surface area contributed by atoms with E-state index in [0.717, 1.165) is 5.56 Å². The second-order valence-electron chi connectivity index (χ2n) is 5.40. The van der Waals surface area contributed by atoms with Crippen molar-refractivity contribution in [1.82, 2.24) is 4.98 Å². The van der Waals surface area contributed by atoms with Crippen LogP contribution in [0.15, 0.2) is 36.5 Å². The molecule has 1 aromatic carbocycles. The number of carbonyl (C=O) groups is 2. The molecule has 1 aliphatic rings. The Morgan fingerprint density at radius 2 is 2.13 bits per heavy atom. The van der Waals surface area contributed by atoms with Crippen molar-refractivity contribution >= 4 is 34.9 Å². The Balaban J connectivity index is 1.85. The van der Waals surface area contributed by atoms with Gasteiger partial charge in [0.25, 0.3) is 17.4 Å². The lowest BCUT2D eigenvalue weighted by molar-refractivity contribution is -0.143. The molecule has 6 nitrogen and oxygen atoms in total. The molecule has 1 atom stereocenters. The summed E-state index contributed by atoms with van der Waals surface area (Å²) in [6.07, 6.45) is 1.62. The molecule has 2 N–H and O–H groups in total. The highest BCUT2D eigenvalue weighted by Gasteiger charge is 2.47. The lowest BCUT2D eigenvalue weighted by Crippen LogP contribution is -2.56. The fourth-order valence-corrected chi connectivity index (χ4v) is 2.30. The summed E-state index contributed by atoms with van der Waals surface area (Å²) in [5.74, 6) is -0.451. The summed E-state index contributed by atoms with van der Waals surface area (Å²) in [6.45, 7) is 3.29. The van der Waals surface area contributed by atoms with Crippen LogP contribution in [0, 0.1) is 6.92 Å². The van der Waals surface area contributed by atoms with Gasteiger partial charge in [0.15, 0.2) is 0 Å². The van der Waals surface area contributed by atoms with E-state index in [1.807, 2.05) is 13.0 Å². The van der Waals surface area contributed by atoms with Gasteiger partial charge in [-0.25, -0.2) is 4.98 Å². The molecule has 0 saturated carbocycles. The molecule has 1 aliphatic heterocycles. The molecule has 3 rings (SSSR count). The van der Waals surface area contributed by atoms with Crippen LogP contribution < -0.4 is 15.4 Å². The number of rotatable bonds is 2. The van der Waals surface area contributed by atoms with E-state index in [2.05, 4.69) is 15.6 Å². The summed E-state index contributed by atoms with van der Waals surface area (Å²) in [6, 6.07) is 8.26. The van der Waals surface area contributed by atoms with Crippen molar-refractivity contribution in [2.75, 3.05) is 10.6 Å². The first kappa shape index (κ1) is 15.3. The highest BCUT2D eigenvalue weighted by Crippen LogP contribution is 2.35. The fourth-order valence-electron chi connectivity index (χ4n) is 2.12. The zero-order valence-corrected chi connectivity index (χ0v) is 13.3. The van der Waals surface area contributed by atoms with Gasteiger partial charge in [0.05, 0.1) is 5.69 Å². The van der Waals surface area contributed by atoms with E-state index in [9.17, 15) is 9.59 Å². The summed E-state index contributed by atoms with van der Waals surface area (Å²) in [5.41, 5.74) is -0.305. The number of carbonyl (C=O) groups excluding carboxylic acids is 2. The van der Waals surface area contributed by atoms with Gasteiger partial charge in [-0.05, 0) is 43.7 Å². The summed E-state index contributed by atoms with van der Waals surface area (Å²) < 4.78 is 5.63. The number of aryl methyl sites for hydroxylation is 1. The number of amides is 2. The number of nitrogens with zero attached hydrogens (tertiary/aromatic N) is 1. The normalized spacial score (nSPS) is 19.3. The Morgan fingerprint density at radius 3 is 2.83 bits per heavy atom. The number of hydrogen-bond donors (Lipinski definition) is 2. The smallest absolute Gasteiger partial charge is 0.279 e. The molecule has 0 spiro atoms. The summed E-state index contributed by atoms with van der Waals surface area (Å²) >= 11 is 5.88. The quantitative estimate of drug-likeness (QED) is 0.829. The highest BCUT2D eigenvalue weighted by molar-refractivity contribution is 6.31. The Hall–Kier alpha value is -2.60. The van der Waals surface area contributed by atoms with Crippen LogP contribution >= 0.6 is 11.6 Å². The third-order valence-electron chi connectivity index (χ3n) is 3.52. The maximum atomic E-state index is 12.5. The largest absolute Gasteiger partial charge is 0.466 e. The average molecular weight is 332 g/mol. The number of pyridine rings is 1. The Kier molecular flexibility index (Phi) is 3.69. The monoisotopic (exact) mass is 331 g/mol. The zero-order valence-electron chi connectivity index (χ0n) is 12.5. The van der Waals surface area contributed by atoms with Crippen molar-refractivity contribution in [1.29, 1.82) is 0 Å². The van der Waals surface area contributed by atoms with Gasteiger partial charge in [-0.15, -0.1) is 0 Å². The number of ether oxygens (including phenoxy) is 1. The topological polar surface area (TPSA) is 80.3 Å². The van der Waals surface area contributed by atoms with Crippen LogP contribution in [0.4, 0.5) is 11.5 Å². The van der Waals surface area contributed by atoms with Crippen LogP contribution in [0.2, 0.25) is 5.02 Å². The molecule has 0 unspecified atom stereocenters. The maximum absolute atomic E-state index is 12.5. The number of anilines is 2. The number of nitrogens with one attached hydrogen (secondary N) is 2. The summed E-state index contributed by atoms with van der Waals surface area (Å²) in [7, 11) is 0. The summed E-state index contributed by atoms with van der Waals surface area (Å²) in [5, 5.41) is 5.69. The minimum Gasteiger partial charge on any atom is -0.466 e. The van der Waals surface area contributed by atoms with Gasteiger partial charge in [0.2, 0.25) is 0 Å². The van der Waals surface area contributed by atoms with E-state index in [1.165, 1.54) is 6.92 Å². The van der Waals surface area contributed by atoms with Gasteiger partial charge >= 0.3 is 0 Å². The van der Waals surface area contributed by atoms with E-state index in [1.54, 1.807) is 30.5 Å². The molecule has 0 fully saturated rings. The van der Waals surface area contributed by atoms with Crippen molar-refractivity contribution in [2.45, 2.75) is 19.4 Å². The van der Waals surface area contributed by atoms with Crippen molar-refractivity contribution in [3.8, 4) is 5.75 Å². The average Bonchev–Trinajstić information content (AvgIpc) is 2.51. The molecule has 2 heterocycles. The molecule has 2 aromatic rings. The van der Waals surface area contributed by atoms with Gasteiger partial charge in [0.1, 0.15) is 11.6 Å². The third-order valence-corrected chi connectivity index (χ3v) is 3.76. The van der Waals surface area contributed by atoms with Gasteiger partial charge in [-0.3, -0.25) is 9.59 Å². The van der Waals surface area contributed by atoms with E-state index in [-0.39, 0.29) is 0 Å². The fraction of sp³-hybridized carbons (Fsp3) is 0.188. The molecule has 0 aliphatic carbocycles. The lowest BCUT2D eigenvalue weighted by Gasteiger charge is -2.33. The number of fused-ring (bicyclic) bond motifs is 1. The number of aromatic nitrogens is 1. The zero-order chi connectivity index (χ0) is 16.6. The molecule has 2 amide bonds. The molecule has 0 radical (unpaired) electrons. The van der Waals surface area contributed by atoms with Gasteiger partial charge in [-0.2, -0.15) is 0 Å². The van der Waals surface area contributed by atoms with Crippen LogP contribution in [-0.2, 0) is 9.59 Å². The Labute approximate surface area is 137 Å². The third kappa shape index (κ3) is 2.85. The van der Waals surface area contributed by atoms with Gasteiger partial charge < -0.3 is 15.4 Å². The SMILES string of the molecule is Cc1ccc(NC(=O)[C@]2(C)Oc3ccc(Cl)cc3NC2=O)nc1. The van der Waals surface area contributed by atoms with E-state index in [0.29, 0.717) is 22.3 Å². The first-order valence-corrected chi connectivity index (χ1v) is 7.30. The molecule has 23 heavy (non-hydrogen) atoms. The second kappa shape index (κ2) is 5.55. The molecular formula is C16H14ClN3O3. The molecule has 0 saturated heterocycles. The molecular weight excluding hydrogens is 318 g/mol. The molecule has 0 bridgehead atoms. The first-order chi connectivity index (χ1) is 10.9. The molecule has 1 aromatic heterocycles. The number of benzene rings is 1. The van der Waals surface area contributed by atoms with Crippen LogP contribution in [0.5, 0.6) is 5.75 Å². The number of halogens is 1. The van der Waals surface area contributed by atoms with Crippen LogP contribution in [0.1, 0.15) is 12.5 Å². The first-order valence-electron chi connectivity index (χ1n) is 6.92.